The Labute approximate surface area is 84.8 Å². The summed E-state index contributed by atoms with van der Waals surface area (Å²) in [6.45, 7) is 2.84. The molecular formula is C8H9N3O4. The summed E-state index contributed by atoms with van der Waals surface area (Å²) < 4.78 is 0. The standard InChI is InChI=1S/C8H9N3O4/c1-4-3-6(10(12)13)7(9)5(2)8(4)11(14)15/h3H,9H2,1-2H3. The van der Waals surface area contributed by atoms with E-state index in [1.807, 2.05) is 0 Å². The number of aryl methyl sites for hydroxylation is 1. The second-order valence-corrected chi connectivity index (χ2v) is 3.11. The molecule has 0 atom stereocenters. The molecule has 7 nitrogen and oxygen atoms in total. The molecule has 0 aliphatic rings. The Bertz CT molecular complexity index is 456. The van der Waals surface area contributed by atoms with Crippen LogP contribution in [0.1, 0.15) is 11.1 Å². The Morgan fingerprint density at radius 1 is 1.20 bits per heavy atom. The van der Waals surface area contributed by atoms with Gasteiger partial charge in [-0.25, -0.2) is 0 Å². The lowest BCUT2D eigenvalue weighted by molar-refractivity contribution is -0.389. The zero-order valence-electron chi connectivity index (χ0n) is 8.18. The number of anilines is 1. The van der Waals surface area contributed by atoms with Gasteiger partial charge in [-0.05, 0) is 13.8 Å². The second kappa shape index (κ2) is 3.52. The van der Waals surface area contributed by atoms with Crippen molar-refractivity contribution >= 4 is 17.1 Å². The van der Waals surface area contributed by atoms with Gasteiger partial charge in [0, 0.05) is 11.6 Å². The number of nitro benzene ring substituents is 2. The highest BCUT2D eigenvalue weighted by molar-refractivity contribution is 5.71. The maximum Gasteiger partial charge on any atom is 0.293 e. The van der Waals surface area contributed by atoms with Crippen molar-refractivity contribution in [3.05, 3.63) is 37.4 Å². The largest absolute Gasteiger partial charge is 0.393 e. The van der Waals surface area contributed by atoms with Gasteiger partial charge in [-0.1, -0.05) is 0 Å². The van der Waals surface area contributed by atoms with E-state index in [1.54, 1.807) is 0 Å². The smallest absolute Gasteiger partial charge is 0.293 e. The number of hydrogen-bond acceptors (Lipinski definition) is 5. The molecule has 7 heteroatoms. The minimum atomic E-state index is -0.654. The summed E-state index contributed by atoms with van der Waals surface area (Å²) >= 11 is 0. The van der Waals surface area contributed by atoms with Crippen molar-refractivity contribution in [2.75, 3.05) is 5.73 Å². The zero-order valence-corrected chi connectivity index (χ0v) is 8.18. The fourth-order valence-electron chi connectivity index (χ4n) is 1.40. The van der Waals surface area contributed by atoms with Crippen LogP contribution in [0.15, 0.2) is 6.07 Å². The van der Waals surface area contributed by atoms with Gasteiger partial charge in [0.2, 0.25) is 0 Å². The molecule has 1 aromatic carbocycles. The van der Waals surface area contributed by atoms with E-state index >= 15 is 0 Å². The van der Waals surface area contributed by atoms with Gasteiger partial charge in [-0.3, -0.25) is 20.2 Å². The van der Waals surface area contributed by atoms with Gasteiger partial charge >= 0.3 is 0 Å². The second-order valence-electron chi connectivity index (χ2n) is 3.11. The van der Waals surface area contributed by atoms with E-state index in [2.05, 4.69) is 0 Å². The summed E-state index contributed by atoms with van der Waals surface area (Å²) in [4.78, 5) is 20.0. The van der Waals surface area contributed by atoms with E-state index in [-0.39, 0.29) is 28.2 Å². The first-order valence-corrected chi connectivity index (χ1v) is 4.04. The first-order chi connectivity index (χ1) is 6.86. The third-order valence-electron chi connectivity index (χ3n) is 2.14. The van der Waals surface area contributed by atoms with E-state index in [9.17, 15) is 20.2 Å². The molecule has 0 aromatic heterocycles. The van der Waals surface area contributed by atoms with Crippen LogP contribution in [0.4, 0.5) is 17.1 Å². The molecule has 0 saturated carbocycles. The first-order valence-electron chi connectivity index (χ1n) is 4.04. The lowest BCUT2D eigenvalue weighted by Crippen LogP contribution is -2.03. The van der Waals surface area contributed by atoms with Gasteiger partial charge < -0.3 is 5.73 Å². The summed E-state index contributed by atoms with van der Waals surface area (Å²) in [6.07, 6.45) is 0. The van der Waals surface area contributed by atoms with Crippen LogP contribution in [0.25, 0.3) is 0 Å². The number of nitrogens with zero attached hydrogens (tertiary/aromatic N) is 2. The Balaban J connectivity index is 3.58. The van der Waals surface area contributed by atoms with Crippen molar-refractivity contribution in [1.29, 1.82) is 0 Å². The molecule has 15 heavy (non-hydrogen) atoms. The third-order valence-corrected chi connectivity index (χ3v) is 2.14. The number of rotatable bonds is 2. The van der Waals surface area contributed by atoms with E-state index in [4.69, 9.17) is 5.73 Å². The lowest BCUT2D eigenvalue weighted by atomic mass is 10.1. The van der Waals surface area contributed by atoms with Gasteiger partial charge in [0.15, 0.2) is 0 Å². The van der Waals surface area contributed by atoms with Crippen molar-refractivity contribution < 1.29 is 9.85 Å². The summed E-state index contributed by atoms with van der Waals surface area (Å²) in [5.41, 5.74) is 5.19. The zero-order chi connectivity index (χ0) is 11.7. The molecular weight excluding hydrogens is 202 g/mol. The summed E-state index contributed by atoms with van der Waals surface area (Å²) in [6, 6.07) is 1.11. The Kier molecular flexibility index (Phi) is 2.56. The van der Waals surface area contributed by atoms with Gasteiger partial charge in [-0.15, -0.1) is 0 Å². The van der Waals surface area contributed by atoms with Gasteiger partial charge in [0.25, 0.3) is 11.4 Å². The summed E-state index contributed by atoms with van der Waals surface area (Å²) in [7, 11) is 0. The third kappa shape index (κ3) is 1.71. The van der Waals surface area contributed by atoms with E-state index in [0.717, 1.165) is 6.07 Å². The number of nitrogen functional groups attached to an aromatic ring is 1. The van der Waals surface area contributed by atoms with E-state index in [0.29, 0.717) is 0 Å². The summed E-state index contributed by atoms with van der Waals surface area (Å²) in [5.74, 6) is 0. The molecule has 0 amide bonds. The molecule has 2 N–H and O–H groups in total. The first kappa shape index (κ1) is 10.9. The molecule has 0 bridgehead atoms. The number of hydrogen-bond donors (Lipinski definition) is 1. The highest BCUT2D eigenvalue weighted by Crippen LogP contribution is 2.34. The topological polar surface area (TPSA) is 112 Å². The highest BCUT2D eigenvalue weighted by Gasteiger charge is 2.24. The van der Waals surface area contributed by atoms with Crippen LogP contribution >= 0.6 is 0 Å². The molecule has 0 aliphatic carbocycles. The number of benzene rings is 1. The van der Waals surface area contributed by atoms with Crippen molar-refractivity contribution in [3.63, 3.8) is 0 Å². The average molecular weight is 211 g/mol. The fraction of sp³-hybridized carbons (Fsp3) is 0.250. The van der Waals surface area contributed by atoms with Gasteiger partial charge in [0.1, 0.15) is 5.69 Å². The van der Waals surface area contributed by atoms with E-state index < -0.39 is 9.85 Å². The molecule has 0 unspecified atom stereocenters. The van der Waals surface area contributed by atoms with Crippen LogP contribution in [0, 0.1) is 34.1 Å². The van der Waals surface area contributed by atoms with Crippen molar-refractivity contribution in [1.82, 2.24) is 0 Å². The normalized spacial score (nSPS) is 10.0. The quantitative estimate of drug-likeness (QED) is 0.454. The Morgan fingerprint density at radius 3 is 2.13 bits per heavy atom. The van der Waals surface area contributed by atoms with Crippen LogP contribution in [-0.2, 0) is 0 Å². The predicted molar refractivity (Wildman–Crippen MR) is 53.6 cm³/mol. The average Bonchev–Trinajstić information content (AvgIpc) is 2.10. The van der Waals surface area contributed by atoms with Crippen molar-refractivity contribution in [2.45, 2.75) is 13.8 Å². The van der Waals surface area contributed by atoms with Crippen LogP contribution in [0.3, 0.4) is 0 Å². The van der Waals surface area contributed by atoms with Gasteiger partial charge in [0.05, 0.1) is 15.4 Å². The van der Waals surface area contributed by atoms with Crippen molar-refractivity contribution in [3.8, 4) is 0 Å². The maximum absolute atomic E-state index is 10.7. The van der Waals surface area contributed by atoms with Crippen LogP contribution < -0.4 is 5.73 Å². The summed E-state index contributed by atoms with van der Waals surface area (Å²) in [5, 5.41) is 21.2. The molecule has 80 valence electrons. The predicted octanol–water partition coefficient (Wildman–Crippen LogP) is 1.70. The lowest BCUT2D eigenvalue weighted by Gasteiger charge is -2.05. The minimum Gasteiger partial charge on any atom is -0.393 e. The number of nitro groups is 2. The monoisotopic (exact) mass is 211 g/mol. The molecule has 0 saturated heterocycles. The minimum absolute atomic E-state index is 0.131. The molecule has 0 spiro atoms. The fourth-order valence-corrected chi connectivity index (χ4v) is 1.40. The van der Waals surface area contributed by atoms with Crippen LogP contribution in [-0.4, -0.2) is 9.85 Å². The molecule has 1 rings (SSSR count). The van der Waals surface area contributed by atoms with Crippen LogP contribution in [0.2, 0.25) is 0 Å². The van der Waals surface area contributed by atoms with Crippen LogP contribution in [0.5, 0.6) is 0 Å². The van der Waals surface area contributed by atoms with E-state index in [1.165, 1.54) is 13.8 Å². The SMILES string of the molecule is Cc1cc([N+](=O)[O-])c(N)c(C)c1[N+](=O)[O-]. The molecule has 0 heterocycles. The maximum atomic E-state index is 10.7. The molecule has 0 radical (unpaired) electrons. The number of nitrogens with two attached hydrogens (primary N) is 1. The highest BCUT2D eigenvalue weighted by atomic mass is 16.6. The van der Waals surface area contributed by atoms with Crippen molar-refractivity contribution in [2.24, 2.45) is 0 Å². The Morgan fingerprint density at radius 2 is 1.73 bits per heavy atom. The molecule has 0 fully saturated rings. The Hall–Kier alpha value is -2.18. The molecule has 0 aliphatic heterocycles. The van der Waals surface area contributed by atoms with Gasteiger partial charge in [-0.2, -0.15) is 0 Å². The molecule has 1 aromatic rings.